The maximum Gasteiger partial charge on any atom is 0.263 e. The third-order valence-electron chi connectivity index (χ3n) is 4.45. The predicted octanol–water partition coefficient (Wildman–Crippen LogP) is 4.30. The number of hydrogen-bond donors (Lipinski definition) is 0. The number of amides is 1. The first-order chi connectivity index (χ1) is 14.4. The lowest BCUT2D eigenvalue weighted by Crippen LogP contribution is -2.33. The molecule has 8 heteroatoms. The van der Waals surface area contributed by atoms with Gasteiger partial charge in [0, 0.05) is 18.8 Å². The average molecular weight is 439 g/mol. The fraction of sp³-hybridized carbons (Fsp3) is 0.273. The number of thiophene rings is 1. The fourth-order valence-corrected chi connectivity index (χ4v) is 4.89. The van der Waals surface area contributed by atoms with Gasteiger partial charge in [0.05, 0.1) is 23.6 Å². The highest BCUT2D eigenvalue weighted by atomic mass is 32.2. The number of aromatic nitrogens is 2. The van der Waals surface area contributed by atoms with Gasteiger partial charge in [-0.2, -0.15) is 5.26 Å². The van der Waals surface area contributed by atoms with Gasteiger partial charge in [-0.15, -0.1) is 17.9 Å². The molecule has 0 bridgehead atoms. The molecule has 1 amide bonds. The molecule has 0 aliphatic rings. The van der Waals surface area contributed by atoms with Gasteiger partial charge in [0.1, 0.15) is 4.83 Å². The minimum Gasteiger partial charge on any atom is -0.311 e. The van der Waals surface area contributed by atoms with E-state index in [0.717, 1.165) is 16.8 Å². The van der Waals surface area contributed by atoms with Crippen molar-refractivity contribution in [3.63, 3.8) is 0 Å². The van der Waals surface area contributed by atoms with E-state index in [9.17, 15) is 9.59 Å². The maximum absolute atomic E-state index is 13.1. The Morgan fingerprint density at radius 1 is 1.37 bits per heavy atom. The van der Waals surface area contributed by atoms with Crippen molar-refractivity contribution in [1.29, 1.82) is 5.26 Å². The van der Waals surface area contributed by atoms with E-state index >= 15 is 0 Å². The van der Waals surface area contributed by atoms with Crippen LogP contribution >= 0.6 is 23.1 Å². The van der Waals surface area contributed by atoms with Crippen LogP contribution in [0.1, 0.15) is 17.5 Å². The van der Waals surface area contributed by atoms with Crippen molar-refractivity contribution >= 4 is 44.9 Å². The van der Waals surface area contributed by atoms with Gasteiger partial charge in [-0.05, 0) is 48.6 Å². The predicted molar refractivity (Wildman–Crippen MR) is 123 cm³/mol. The number of carbonyl (C=O) groups is 1. The molecule has 0 saturated heterocycles. The molecule has 0 aliphatic heterocycles. The van der Waals surface area contributed by atoms with E-state index in [1.54, 1.807) is 17.0 Å². The summed E-state index contributed by atoms with van der Waals surface area (Å²) >= 11 is 2.63. The zero-order valence-corrected chi connectivity index (χ0v) is 18.6. The summed E-state index contributed by atoms with van der Waals surface area (Å²) in [6.07, 6.45) is 1.88. The number of anilines is 1. The molecule has 3 rings (SSSR count). The molecule has 0 aliphatic carbocycles. The number of nitrogens with zero attached hydrogens (tertiary/aromatic N) is 4. The number of thioether (sulfide) groups is 1. The van der Waals surface area contributed by atoms with E-state index in [4.69, 9.17) is 5.26 Å². The second-order valence-corrected chi connectivity index (χ2v) is 8.66. The highest BCUT2D eigenvalue weighted by molar-refractivity contribution is 7.99. The summed E-state index contributed by atoms with van der Waals surface area (Å²) in [7, 11) is 0. The largest absolute Gasteiger partial charge is 0.311 e. The number of benzene rings is 1. The van der Waals surface area contributed by atoms with Crippen molar-refractivity contribution < 1.29 is 4.79 Å². The Labute approximate surface area is 183 Å². The van der Waals surface area contributed by atoms with Crippen LogP contribution in [0.15, 0.2) is 52.3 Å². The van der Waals surface area contributed by atoms with E-state index in [-0.39, 0.29) is 23.6 Å². The minimum absolute atomic E-state index is 0.110. The summed E-state index contributed by atoms with van der Waals surface area (Å²) in [5.74, 6) is -0.0234. The lowest BCUT2D eigenvalue weighted by atomic mass is 10.1. The van der Waals surface area contributed by atoms with Crippen LogP contribution in [-0.4, -0.2) is 27.8 Å². The molecule has 0 spiro atoms. The monoisotopic (exact) mass is 438 g/mol. The highest BCUT2D eigenvalue weighted by Gasteiger charge is 2.19. The van der Waals surface area contributed by atoms with Crippen LogP contribution in [-0.2, 0) is 11.3 Å². The van der Waals surface area contributed by atoms with E-state index < -0.39 is 0 Å². The van der Waals surface area contributed by atoms with Gasteiger partial charge < -0.3 is 4.90 Å². The number of fused-ring (bicyclic) bond motifs is 1. The molecule has 154 valence electrons. The second-order valence-electron chi connectivity index (χ2n) is 6.83. The molecule has 1 aromatic carbocycles. The quantitative estimate of drug-likeness (QED) is 0.298. The van der Waals surface area contributed by atoms with Gasteiger partial charge in [0.15, 0.2) is 5.16 Å². The van der Waals surface area contributed by atoms with E-state index in [0.29, 0.717) is 28.5 Å². The summed E-state index contributed by atoms with van der Waals surface area (Å²) in [4.78, 5) is 32.7. The number of nitriles is 1. The first-order valence-corrected chi connectivity index (χ1v) is 11.3. The molecule has 0 saturated carbocycles. The normalized spacial score (nSPS) is 10.7. The SMILES string of the molecule is C=CCn1c(SCC(=O)N(CCC#N)c2cc(C)cc(C)c2)nc2sccc2c1=O. The summed E-state index contributed by atoms with van der Waals surface area (Å²) in [5.41, 5.74) is 2.75. The van der Waals surface area contributed by atoms with Crippen LogP contribution in [0.5, 0.6) is 0 Å². The van der Waals surface area contributed by atoms with Gasteiger partial charge >= 0.3 is 0 Å². The molecule has 0 atom stereocenters. The minimum atomic E-state index is -0.133. The summed E-state index contributed by atoms with van der Waals surface area (Å²) < 4.78 is 1.54. The van der Waals surface area contributed by atoms with Gasteiger partial charge in [-0.25, -0.2) is 4.98 Å². The Morgan fingerprint density at radius 3 is 2.77 bits per heavy atom. The zero-order chi connectivity index (χ0) is 21.7. The highest BCUT2D eigenvalue weighted by Crippen LogP contribution is 2.24. The Balaban J connectivity index is 1.88. The van der Waals surface area contributed by atoms with Crippen LogP contribution in [0.2, 0.25) is 0 Å². The molecule has 0 fully saturated rings. The number of rotatable bonds is 8. The molecular weight excluding hydrogens is 416 g/mol. The van der Waals surface area contributed by atoms with Gasteiger partial charge in [0.2, 0.25) is 5.91 Å². The fourth-order valence-electron chi connectivity index (χ4n) is 3.20. The Morgan fingerprint density at radius 2 is 2.10 bits per heavy atom. The zero-order valence-electron chi connectivity index (χ0n) is 16.9. The van der Waals surface area contributed by atoms with Gasteiger partial charge in [-0.1, -0.05) is 23.9 Å². The van der Waals surface area contributed by atoms with Crippen LogP contribution in [0, 0.1) is 25.2 Å². The third-order valence-corrected chi connectivity index (χ3v) is 6.22. The van der Waals surface area contributed by atoms with Gasteiger partial charge in [-0.3, -0.25) is 14.2 Å². The number of allylic oxidation sites excluding steroid dienone is 1. The van der Waals surface area contributed by atoms with Gasteiger partial charge in [0.25, 0.3) is 5.56 Å². The standard InChI is InChI=1S/C22H22N4O2S2/c1-4-8-26-21(28)18-6-10-29-20(18)24-22(26)30-14-19(27)25(9-5-7-23)17-12-15(2)11-16(3)13-17/h4,6,10-13H,1,5,8-9,14H2,2-3H3. The van der Waals surface area contributed by atoms with Crippen molar-refractivity contribution in [3.05, 3.63) is 63.8 Å². The summed E-state index contributed by atoms with van der Waals surface area (Å²) in [5, 5.41) is 11.9. The third kappa shape index (κ3) is 4.81. The van der Waals surface area contributed by atoms with Crippen molar-refractivity contribution in [2.45, 2.75) is 32.0 Å². The maximum atomic E-state index is 13.1. The van der Waals surface area contributed by atoms with Crippen molar-refractivity contribution in [2.24, 2.45) is 0 Å². The molecule has 0 unspecified atom stereocenters. The molecule has 6 nitrogen and oxygen atoms in total. The summed E-state index contributed by atoms with van der Waals surface area (Å²) in [6.45, 7) is 8.31. The smallest absolute Gasteiger partial charge is 0.263 e. The van der Waals surface area contributed by atoms with E-state index in [1.807, 2.05) is 37.4 Å². The van der Waals surface area contributed by atoms with E-state index in [1.165, 1.54) is 27.7 Å². The van der Waals surface area contributed by atoms with Crippen molar-refractivity contribution in [2.75, 3.05) is 17.2 Å². The second kappa shape index (κ2) is 9.74. The van der Waals surface area contributed by atoms with Crippen LogP contribution in [0.4, 0.5) is 5.69 Å². The lowest BCUT2D eigenvalue weighted by Gasteiger charge is -2.23. The van der Waals surface area contributed by atoms with Crippen LogP contribution < -0.4 is 10.5 Å². The molecular formula is C22H22N4O2S2. The summed E-state index contributed by atoms with van der Waals surface area (Å²) in [6, 6.07) is 9.79. The topological polar surface area (TPSA) is 79.0 Å². The molecule has 30 heavy (non-hydrogen) atoms. The van der Waals surface area contributed by atoms with E-state index in [2.05, 4.69) is 17.6 Å². The number of aryl methyl sites for hydroxylation is 2. The molecule has 0 radical (unpaired) electrons. The first kappa shape index (κ1) is 21.8. The first-order valence-electron chi connectivity index (χ1n) is 9.42. The van der Waals surface area contributed by atoms with Crippen molar-refractivity contribution in [3.8, 4) is 6.07 Å². The van der Waals surface area contributed by atoms with Crippen LogP contribution in [0.25, 0.3) is 10.2 Å². The molecule has 3 aromatic rings. The number of hydrogen-bond acceptors (Lipinski definition) is 6. The van der Waals surface area contributed by atoms with Crippen molar-refractivity contribution in [1.82, 2.24) is 9.55 Å². The average Bonchev–Trinajstić information content (AvgIpc) is 3.17. The van der Waals surface area contributed by atoms with Crippen LogP contribution in [0.3, 0.4) is 0 Å². The Hall–Kier alpha value is -2.89. The number of carbonyl (C=O) groups excluding carboxylic acids is 1. The molecule has 0 N–H and O–H groups in total. The lowest BCUT2D eigenvalue weighted by molar-refractivity contribution is -0.116. The molecule has 2 aromatic heterocycles. The molecule has 2 heterocycles. The Bertz CT molecular complexity index is 1170. The Kier molecular flexibility index (Phi) is 7.08.